The zero-order valence-electron chi connectivity index (χ0n) is 18.6. The van der Waals surface area contributed by atoms with Gasteiger partial charge in [-0.25, -0.2) is 22.0 Å². The minimum absolute atomic E-state index is 0.0151. The molecular formula is C25H19F2NO6S. The number of carbonyl (C=O) groups is 2. The molecular weight excluding hydrogens is 480 g/mol. The molecule has 1 N–H and O–H groups in total. The fourth-order valence-electron chi connectivity index (χ4n) is 4.01. The smallest absolute Gasteiger partial charge is 0.335 e. The number of sulfonamides is 1. The third kappa shape index (κ3) is 4.28. The lowest BCUT2D eigenvalue weighted by atomic mass is 9.97. The Bertz CT molecular complexity index is 1580. The summed E-state index contributed by atoms with van der Waals surface area (Å²) in [4.78, 5) is 23.5. The molecule has 0 aliphatic heterocycles. The predicted octanol–water partition coefficient (Wildman–Crippen LogP) is 5.34. The van der Waals surface area contributed by atoms with E-state index in [4.69, 9.17) is 4.42 Å². The Labute approximate surface area is 199 Å². The van der Waals surface area contributed by atoms with Gasteiger partial charge in [0.2, 0.25) is 10.0 Å². The van der Waals surface area contributed by atoms with Crippen LogP contribution in [0.5, 0.6) is 0 Å². The first-order valence-corrected chi connectivity index (χ1v) is 12.2. The number of aldehydes is 1. The second kappa shape index (κ2) is 8.95. The van der Waals surface area contributed by atoms with Crippen molar-refractivity contribution in [3.05, 3.63) is 77.4 Å². The van der Waals surface area contributed by atoms with Crippen molar-refractivity contribution in [1.29, 1.82) is 0 Å². The van der Waals surface area contributed by atoms with Crippen molar-refractivity contribution in [2.45, 2.75) is 6.92 Å². The molecule has 0 saturated heterocycles. The quantitative estimate of drug-likeness (QED) is 0.344. The van der Waals surface area contributed by atoms with Crippen molar-refractivity contribution in [1.82, 2.24) is 0 Å². The molecule has 180 valence electrons. The molecule has 7 nitrogen and oxygen atoms in total. The van der Waals surface area contributed by atoms with E-state index in [0.717, 1.165) is 22.7 Å². The number of aromatic carboxylic acids is 1. The largest absolute Gasteiger partial charge is 0.478 e. The lowest BCUT2D eigenvalue weighted by Crippen LogP contribution is -2.30. The molecule has 0 saturated carbocycles. The maximum atomic E-state index is 16.2. The Morgan fingerprint density at radius 2 is 1.77 bits per heavy atom. The van der Waals surface area contributed by atoms with Gasteiger partial charge in [-0.15, -0.1) is 0 Å². The number of halogens is 2. The molecule has 1 heterocycles. The highest BCUT2D eigenvalue weighted by Crippen LogP contribution is 2.43. The van der Waals surface area contributed by atoms with Gasteiger partial charge in [0.25, 0.3) is 0 Å². The van der Waals surface area contributed by atoms with Crippen molar-refractivity contribution >= 4 is 38.9 Å². The van der Waals surface area contributed by atoms with Crippen LogP contribution in [0.1, 0.15) is 27.6 Å². The maximum absolute atomic E-state index is 16.2. The van der Waals surface area contributed by atoms with E-state index in [9.17, 15) is 27.5 Å². The van der Waals surface area contributed by atoms with Gasteiger partial charge in [-0.05, 0) is 48.9 Å². The monoisotopic (exact) mass is 499 g/mol. The number of hydrogen-bond acceptors (Lipinski definition) is 5. The van der Waals surface area contributed by atoms with Crippen molar-refractivity contribution in [2.75, 3.05) is 17.1 Å². The second-order valence-electron chi connectivity index (χ2n) is 7.74. The van der Waals surface area contributed by atoms with Crippen molar-refractivity contribution in [3.63, 3.8) is 0 Å². The van der Waals surface area contributed by atoms with E-state index >= 15 is 4.39 Å². The number of carboxylic acids is 1. The molecule has 0 aliphatic carbocycles. The Kier molecular flexibility index (Phi) is 6.16. The molecule has 0 spiro atoms. The predicted molar refractivity (Wildman–Crippen MR) is 127 cm³/mol. The fourth-order valence-corrected chi connectivity index (χ4v) is 4.99. The topological polar surface area (TPSA) is 105 Å². The molecule has 10 heteroatoms. The molecule has 4 rings (SSSR count). The SMILES string of the molecule is CCN(c1cc2oc(-c3ccc(F)cc3)c(C=O)c2c(F)c1-c1cccc(C(=O)O)c1)S(C)(=O)=O. The number of benzene rings is 3. The van der Waals surface area contributed by atoms with Gasteiger partial charge in [-0.1, -0.05) is 12.1 Å². The lowest BCUT2D eigenvalue weighted by Gasteiger charge is -2.24. The molecule has 0 atom stereocenters. The zero-order valence-corrected chi connectivity index (χ0v) is 19.4. The van der Waals surface area contributed by atoms with E-state index in [0.29, 0.717) is 11.8 Å². The highest BCUT2D eigenvalue weighted by Gasteiger charge is 2.29. The molecule has 3 aromatic carbocycles. The summed E-state index contributed by atoms with van der Waals surface area (Å²) in [6.07, 6.45) is 1.36. The lowest BCUT2D eigenvalue weighted by molar-refractivity contribution is 0.0696. The Balaban J connectivity index is 2.13. The van der Waals surface area contributed by atoms with E-state index in [-0.39, 0.29) is 51.2 Å². The summed E-state index contributed by atoms with van der Waals surface area (Å²) in [7, 11) is -3.88. The number of furan rings is 1. The Morgan fingerprint density at radius 3 is 2.34 bits per heavy atom. The third-order valence-electron chi connectivity index (χ3n) is 5.51. The molecule has 0 bridgehead atoms. The standard InChI is InChI=1S/C25H19F2NO6S/c1-3-28(35(2,32)33)19-12-20-22(18(13-29)24(34-20)14-7-9-17(26)10-8-14)23(27)21(19)15-5-4-6-16(11-15)25(30)31/h4-13H,3H2,1-2H3,(H,30,31). The van der Waals surface area contributed by atoms with Crippen LogP contribution in [-0.4, -0.2) is 38.6 Å². The van der Waals surface area contributed by atoms with Gasteiger partial charge in [0.1, 0.15) is 23.0 Å². The first-order chi connectivity index (χ1) is 16.6. The van der Waals surface area contributed by atoms with Crippen molar-refractivity contribution in [2.24, 2.45) is 0 Å². The summed E-state index contributed by atoms with van der Waals surface area (Å²) < 4.78 is 61.5. The van der Waals surface area contributed by atoms with Crippen LogP contribution in [-0.2, 0) is 10.0 Å². The summed E-state index contributed by atoms with van der Waals surface area (Å²) in [5, 5.41) is 9.19. The fraction of sp³-hybridized carbons (Fsp3) is 0.120. The number of hydrogen-bond donors (Lipinski definition) is 1. The van der Waals surface area contributed by atoms with E-state index in [1.165, 1.54) is 42.5 Å². The number of anilines is 1. The Hall–Kier alpha value is -4.05. The van der Waals surface area contributed by atoms with Crippen LogP contribution in [0.3, 0.4) is 0 Å². The first-order valence-electron chi connectivity index (χ1n) is 10.4. The highest BCUT2D eigenvalue weighted by atomic mass is 32.2. The van der Waals surface area contributed by atoms with Crippen LogP contribution in [0.2, 0.25) is 0 Å². The average Bonchev–Trinajstić information content (AvgIpc) is 3.18. The summed E-state index contributed by atoms with van der Waals surface area (Å²) in [6, 6.07) is 11.7. The van der Waals surface area contributed by atoms with E-state index in [1.54, 1.807) is 6.92 Å². The van der Waals surface area contributed by atoms with Crippen LogP contribution >= 0.6 is 0 Å². The summed E-state index contributed by atoms with van der Waals surface area (Å²) in [6.45, 7) is 1.50. The number of nitrogens with zero attached hydrogens (tertiary/aromatic N) is 1. The van der Waals surface area contributed by atoms with Crippen LogP contribution in [0.25, 0.3) is 33.4 Å². The zero-order chi connectivity index (χ0) is 25.5. The maximum Gasteiger partial charge on any atom is 0.335 e. The molecule has 35 heavy (non-hydrogen) atoms. The van der Waals surface area contributed by atoms with Crippen molar-refractivity contribution in [3.8, 4) is 22.5 Å². The summed E-state index contributed by atoms with van der Waals surface area (Å²) in [5.41, 5.74) is -0.252. The average molecular weight is 499 g/mol. The van der Waals surface area contributed by atoms with Crippen LogP contribution < -0.4 is 4.31 Å². The van der Waals surface area contributed by atoms with E-state index in [1.807, 2.05) is 0 Å². The van der Waals surface area contributed by atoms with Gasteiger partial charge in [0.15, 0.2) is 6.29 Å². The van der Waals surface area contributed by atoms with Gasteiger partial charge in [0, 0.05) is 23.7 Å². The number of carboxylic acid groups (broad SMARTS) is 1. The van der Waals surface area contributed by atoms with Gasteiger partial charge in [-0.3, -0.25) is 9.10 Å². The van der Waals surface area contributed by atoms with Crippen LogP contribution in [0.4, 0.5) is 14.5 Å². The molecule has 0 radical (unpaired) electrons. The van der Waals surface area contributed by atoms with E-state index < -0.39 is 27.6 Å². The van der Waals surface area contributed by atoms with Gasteiger partial charge in [-0.2, -0.15) is 0 Å². The molecule has 0 aliphatic rings. The minimum atomic E-state index is -3.88. The number of rotatable bonds is 7. The molecule has 1 aromatic heterocycles. The number of fused-ring (bicyclic) bond motifs is 1. The Morgan fingerprint density at radius 1 is 1.09 bits per heavy atom. The normalized spacial score (nSPS) is 11.5. The van der Waals surface area contributed by atoms with E-state index in [2.05, 4.69) is 0 Å². The minimum Gasteiger partial charge on any atom is -0.478 e. The second-order valence-corrected chi connectivity index (χ2v) is 9.65. The molecule has 0 unspecified atom stereocenters. The van der Waals surface area contributed by atoms with Gasteiger partial charge < -0.3 is 9.52 Å². The first kappa shape index (κ1) is 24.1. The van der Waals surface area contributed by atoms with Gasteiger partial charge >= 0.3 is 5.97 Å². The van der Waals surface area contributed by atoms with Crippen LogP contribution in [0, 0.1) is 11.6 Å². The third-order valence-corrected chi connectivity index (χ3v) is 6.77. The van der Waals surface area contributed by atoms with Gasteiger partial charge in [0.05, 0.1) is 28.5 Å². The molecule has 4 aromatic rings. The summed E-state index contributed by atoms with van der Waals surface area (Å²) in [5.74, 6) is -2.74. The molecule has 0 amide bonds. The summed E-state index contributed by atoms with van der Waals surface area (Å²) >= 11 is 0. The van der Waals surface area contributed by atoms with Crippen LogP contribution in [0.15, 0.2) is 59.0 Å². The highest BCUT2D eigenvalue weighted by molar-refractivity contribution is 7.92. The van der Waals surface area contributed by atoms with Crippen molar-refractivity contribution < 1.29 is 36.3 Å². The molecule has 0 fully saturated rings. The number of carbonyl (C=O) groups excluding carboxylic acids is 1.